The number of nitrogens with zero attached hydrogens (tertiary/aromatic N) is 1. The third kappa shape index (κ3) is 2.69. The van der Waals surface area contributed by atoms with Gasteiger partial charge in [-0.05, 0) is 37.9 Å². The summed E-state index contributed by atoms with van der Waals surface area (Å²) >= 11 is 0. The number of nitrogens with two attached hydrogens (primary N) is 1. The summed E-state index contributed by atoms with van der Waals surface area (Å²) in [6.45, 7) is 5.69. The van der Waals surface area contributed by atoms with Gasteiger partial charge in [0.15, 0.2) is 11.5 Å². The molecule has 0 radical (unpaired) electrons. The van der Waals surface area contributed by atoms with E-state index in [0.717, 1.165) is 31.1 Å². The molecule has 3 unspecified atom stereocenters. The van der Waals surface area contributed by atoms with E-state index in [1.807, 2.05) is 24.3 Å². The SMILES string of the molecule is CC1CC(CN)CN1CC1COc2ccccc2O1. The van der Waals surface area contributed by atoms with Crippen molar-refractivity contribution >= 4 is 0 Å². The van der Waals surface area contributed by atoms with Crippen molar-refractivity contribution < 1.29 is 9.47 Å². The highest BCUT2D eigenvalue weighted by Crippen LogP contribution is 2.32. The molecule has 1 fully saturated rings. The number of para-hydroxylation sites is 2. The minimum absolute atomic E-state index is 0.119. The molecule has 3 atom stereocenters. The lowest BCUT2D eigenvalue weighted by atomic mass is 10.1. The van der Waals surface area contributed by atoms with Crippen molar-refractivity contribution in [2.24, 2.45) is 11.7 Å². The van der Waals surface area contributed by atoms with Crippen molar-refractivity contribution in [1.82, 2.24) is 4.90 Å². The number of hydrogen-bond donors (Lipinski definition) is 1. The average molecular weight is 262 g/mol. The number of likely N-dealkylation sites (tertiary alicyclic amines) is 1. The molecule has 4 heteroatoms. The zero-order valence-electron chi connectivity index (χ0n) is 11.4. The summed E-state index contributed by atoms with van der Waals surface area (Å²) in [5.74, 6) is 2.35. The zero-order valence-corrected chi connectivity index (χ0v) is 11.4. The minimum Gasteiger partial charge on any atom is -0.486 e. The van der Waals surface area contributed by atoms with Crippen LogP contribution in [-0.4, -0.2) is 43.3 Å². The topological polar surface area (TPSA) is 47.7 Å². The number of hydrogen-bond acceptors (Lipinski definition) is 4. The molecule has 4 nitrogen and oxygen atoms in total. The maximum Gasteiger partial charge on any atom is 0.161 e. The van der Waals surface area contributed by atoms with E-state index in [1.54, 1.807) is 0 Å². The van der Waals surface area contributed by atoms with Crippen molar-refractivity contribution in [2.75, 3.05) is 26.2 Å². The Morgan fingerprint density at radius 1 is 1.32 bits per heavy atom. The number of ether oxygens (including phenoxy) is 2. The van der Waals surface area contributed by atoms with Crippen LogP contribution in [0, 0.1) is 5.92 Å². The van der Waals surface area contributed by atoms with Crippen molar-refractivity contribution in [3.8, 4) is 11.5 Å². The summed E-state index contributed by atoms with van der Waals surface area (Å²) < 4.78 is 11.8. The highest BCUT2D eigenvalue weighted by atomic mass is 16.6. The third-order valence-corrected chi connectivity index (χ3v) is 4.13. The molecule has 3 rings (SSSR count). The van der Waals surface area contributed by atoms with Crippen LogP contribution in [0.5, 0.6) is 11.5 Å². The van der Waals surface area contributed by atoms with Gasteiger partial charge in [0.1, 0.15) is 12.7 Å². The Hall–Kier alpha value is -1.26. The Kier molecular flexibility index (Phi) is 3.62. The van der Waals surface area contributed by atoms with E-state index in [-0.39, 0.29) is 6.10 Å². The molecule has 2 aliphatic heterocycles. The van der Waals surface area contributed by atoms with Crippen molar-refractivity contribution in [3.05, 3.63) is 24.3 Å². The molecule has 0 aromatic heterocycles. The van der Waals surface area contributed by atoms with Gasteiger partial charge in [-0.15, -0.1) is 0 Å². The Balaban J connectivity index is 1.60. The van der Waals surface area contributed by atoms with Gasteiger partial charge in [-0.2, -0.15) is 0 Å². The number of benzene rings is 1. The molecule has 0 saturated carbocycles. The lowest BCUT2D eigenvalue weighted by molar-refractivity contribution is 0.0563. The molecule has 19 heavy (non-hydrogen) atoms. The molecule has 0 spiro atoms. The van der Waals surface area contributed by atoms with E-state index < -0.39 is 0 Å². The lowest BCUT2D eigenvalue weighted by Gasteiger charge is -2.31. The first-order valence-electron chi connectivity index (χ1n) is 7.09. The number of fused-ring (bicyclic) bond motifs is 1. The molecular formula is C15H22N2O2. The fraction of sp³-hybridized carbons (Fsp3) is 0.600. The molecule has 0 bridgehead atoms. The first-order chi connectivity index (χ1) is 9.26. The molecule has 2 aliphatic rings. The second-order valence-electron chi connectivity index (χ2n) is 5.64. The Bertz CT molecular complexity index is 438. The molecule has 0 aliphatic carbocycles. The van der Waals surface area contributed by atoms with E-state index in [9.17, 15) is 0 Å². The quantitative estimate of drug-likeness (QED) is 0.896. The van der Waals surface area contributed by atoms with Crippen molar-refractivity contribution in [2.45, 2.75) is 25.5 Å². The highest BCUT2D eigenvalue weighted by molar-refractivity contribution is 5.40. The van der Waals surface area contributed by atoms with Crippen LogP contribution < -0.4 is 15.2 Å². The van der Waals surface area contributed by atoms with Gasteiger partial charge in [0.05, 0.1) is 0 Å². The molecular weight excluding hydrogens is 240 g/mol. The molecule has 2 N–H and O–H groups in total. The van der Waals surface area contributed by atoms with E-state index >= 15 is 0 Å². The first kappa shape index (κ1) is 12.8. The standard InChI is InChI=1S/C15H22N2O2/c1-11-6-12(7-16)8-17(11)9-13-10-18-14-4-2-3-5-15(14)19-13/h2-5,11-13H,6-10,16H2,1H3. The second kappa shape index (κ2) is 5.39. The molecule has 1 saturated heterocycles. The zero-order chi connectivity index (χ0) is 13.2. The minimum atomic E-state index is 0.119. The van der Waals surface area contributed by atoms with Gasteiger partial charge in [-0.1, -0.05) is 12.1 Å². The van der Waals surface area contributed by atoms with Gasteiger partial charge in [0, 0.05) is 19.1 Å². The largest absolute Gasteiger partial charge is 0.486 e. The average Bonchev–Trinajstić information content (AvgIpc) is 2.79. The third-order valence-electron chi connectivity index (χ3n) is 4.13. The molecule has 104 valence electrons. The first-order valence-corrected chi connectivity index (χ1v) is 7.09. The van der Waals surface area contributed by atoms with Crippen LogP contribution in [-0.2, 0) is 0 Å². The summed E-state index contributed by atoms with van der Waals surface area (Å²) in [5.41, 5.74) is 5.77. The maximum atomic E-state index is 6.01. The highest BCUT2D eigenvalue weighted by Gasteiger charge is 2.31. The van der Waals surface area contributed by atoms with Gasteiger partial charge in [-0.3, -0.25) is 4.90 Å². The molecule has 2 heterocycles. The molecule has 1 aromatic carbocycles. The number of rotatable bonds is 3. The van der Waals surface area contributed by atoms with Gasteiger partial charge < -0.3 is 15.2 Å². The summed E-state index contributed by atoms with van der Waals surface area (Å²) in [6, 6.07) is 8.46. The van der Waals surface area contributed by atoms with Crippen LogP contribution in [0.1, 0.15) is 13.3 Å². The van der Waals surface area contributed by atoms with E-state index in [1.165, 1.54) is 6.42 Å². The van der Waals surface area contributed by atoms with Gasteiger partial charge in [0.25, 0.3) is 0 Å². The smallest absolute Gasteiger partial charge is 0.161 e. The van der Waals surface area contributed by atoms with Crippen molar-refractivity contribution in [3.63, 3.8) is 0 Å². The monoisotopic (exact) mass is 262 g/mol. The van der Waals surface area contributed by atoms with Gasteiger partial charge >= 0.3 is 0 Å². The Morgan fingerprint density at radius 3 is 2.84 bits per heavy atom. The van der Waals surface area contributed by atoms with Crippen LogP contribution in [0.2, 0.25) is 0 Å². The summed E-state index contributed by atoms with van der Waals surface area (Å²) in [4.78, 5) is 2.47. The maximum absolute atomic E-state index is 6.01. The normalized spacial score (nSPS) is 30.5. The van der Waals surface area contributed by atoms with Crippen LogP contribution in [0.4, 0.5) is 0 Å². The van der Waals surface area contributed by atoms with E-state index in [4.69, 9.17) is 15.2 Å². The van der Waals surface area contributed by atoms with Crippen LogP contribution in [0.3, 0.4) is 0 Å². The van der Waals surface area contributed by atoms with Crippen LogP contribution >= 0.6 is 0 Å². The lowest BCUT2D eigenvalue weighted by Crippen LogP contribution is -2.42. The predicted octanol–water partition coefficient (Wildman–Crippen LogP) is 1.50. The Labute approximate surface area is 114 Å². The summed E-state index contributed by atoms with van der Waals surface area (Å²) in [5, 5.41) is 0. The summed E-state index contributed by atoms with van der Waals surface area (Å²) in [7, 11) is 0. The molecule has 0 amide bonds. The van der Waals surface area contributed by atoms with Gasteiger partial charge in [-0.25, -0.2) is 0 Å². The fourth-order valence-corrected chi connectivity index (χ4v) is 3.06. The Morgan fingerprint density at radius 2 is 2.11 bits per heavy atom. The summed E-state index contributed by atoms with van der Waals surface area (Å²) in [6.07, 6.45) is 1.31. The predicted molar refractivity (Wildman–Crippen MR) is 74.5 cm³/mol. The van der Waals surface area contributed by atoms with Gasteiger partial charge in [0.2, 0.25) is 0 Å². The van der Waals surface area contributed by atoms with Crippen LogP contribution in [0.25, 0.3) is 0 Å². The second-order valence-corrected chi connectivity index (χ2v) is 5.64. The van der Waals surface area contributed by atoms with Crippen molar-refractivity contribution in [1.29, 1.82) is 0 Å². The fourth-order valence-electron chi connectivity index (χ4n) is 3.06. The van der Waals surface area contributed by atoms with E-state index in [0.29, 0.717) is 18.6 Å². The van der Waals surface area contributed by atoms with E-state index in [2.05, 4.69) is 11.8 Å². The molecule has 1 aromatic rings. The van der Waals surface area contributed by atoms with Crippen LogP contribution in [0.15, 0.2) is 24.3 Å².